The van der Waals surface area contributed by atoms with Crippen molar-refractivity contribution in [1.29, 1.82) is 5.26 Å². The molecule has 148 valence electrons. The number of nitriles is 1. The predicted molar refractivity (Wildman–Crippen MR) is 106 cm³/mol. The quantitative estimate of drug-likeness (QED) is 0.800. The summed E-state index contributed by atoms with van der Waals surface area (Å²) in [5, 5.41) is 29.0. The molecule has 1 saturated heterocycles. The minimum atomic E-state index is -0.497. The lowest BCUT2D eigenvalue weighted by Gasteiger charge is -2.32. The van der Waals surface area contributed by atoms with Crippen molar-refractivity contribution in [3.63, 3.8) is 0 Å². The molecular formula is C23H27NO4. The molecule has 2 aromatic rings. The van der Waals surface area contributed by atoms with Gasteiger partial charge in [-0.05, 0) is 55.2 Å². The number of aliphatic hydroxyl groups is 2. The third-order valence-corrected chi connectivity index (χ3v) is 4.89. The predicted octanol–water partition coefficient (Wildman–Crippen LogP) is 3.51. The highest BCUT2D eigenvalue weighted by atomic mass is 16.5. The van der Waals surface area contributed by atoms with Gasteiger partial charge < -0.3 is 19.7 Å². The van der Waals surface area contributed by atoms with Gasteiger partial charge in [0.25, 0.3) is 0 Å². The van der Waals surface area contributed by atoms with Gasteiger partial charge in [0.05, 0.1) is 42.7 Å². The molecule has 1 heterocycles. The molecule has 1 aliphatic rings. The second-order valence-corrected chi connectivity index (χ2v) is 7.57. The number of rotatable bonds is 6. The molecule has 3 atom stereocenters. The van der Waals surface area contributed by atoms with Gasteiger partial charge in [0.1, 0.15) is 5.75 Å². The molecule has 5 heteroatoms. The summed E-state index contributed by atoms with van der Waals surface area (Å²) in [7, 11) is 0. The zero-order valence-corrected chi connectivity index (χ0v) is 16.3. The van der Waals surface area contributed by atoms with E-state index in [1.807, 2.05) is 50.2 Å². The first-order valence-corrected chi connectivity index (χ1v) is 9.71. The van der Waals surface area contributed by atoms with Crippen LogP contribution in [0.15, 0.2) is 42.5 Å². The van der Waals surface area contributed by atoms with Crippen molar-refractivity contribution in [3.05, 3.63) is 64.7 Å². The monoisotopic (exact) mass is 381 g/mol. The van der Waals surface area contributed by atoms with Crippen LogP contribution in [0.3, 0.4) is 0 Å². The Kier molecular flexibility index (Phi) is 6.69. The number of hydrogen-bond acceptors (Lipinski definition) is 5. The smallest absolute Gasteiger partial charge is 0.119 e. The van der Waals surface area contributed by atoms with Crippen LogP contribution >= 0.6 is 0 Å². The van der Waals surface area contributed by atoms with E-state index < -0.39 is 6.10 Å². The number of nitrogens with zero attached hydrogens (tertiary/aromatic N) is 1. The summed E-state index contributed by atoms with van der Waals surface area (Å²) in [6.45, 7) is 3.87. The number of hydrogen-bond donors (Lipinski definition) is 2. The van der Waals surface area contributed by atoms with Gasteiger partial charge in [-0.2, -0.15) is 5.26 Å². The zero-order valence-electron chi connectivity index (χ0n) is 16.3. The van der Waals surface area contributed by atoms with Gasteiger partial charge in [0, 0.05) is 12.8 Å². The Morgan fingerprint density at radius 2 is 1.93 bits per heavy atom. The molecule has 0 saturated carbocycles. The molecule has 5 nitrogen and oxygen atoms in total. The fraction of sp³-hybridized carbons (Fsp3) is 0.435. The van der Waals surface area contributed by atoms with Crippen LogP contribution in [0.1, 0.15) is 55.0 Å². The van der Waals surface area contributed by atoms with Crippen LogP contribution < -0.4 is 4.74 Å². The van der Waals surface area contributed by atoms with E-state index in [-0.39, 0.29) is 24.9 Å². The summed E-state index contributed by atoms with van der Waals surface area (Å²) in [4.78, 5) is 0. The zero-order chi connectivity index (χ0) is 20.1. The van der Waals surface area contributed by atoms with Gasteiger partial charge in [-0.1, -0.05) is 24.3 Å². The van der Waals surface area contributed by atoms with Crippen molar-refractivity contribution in [2.75, 3.05) is 6.61 Å². The number of benzene rings is 2. The van der Waals surface area contributed by atoms with E-state index in [0.717, 1.165) is 22.4 Å². The summed E-state index contributed by atoms with van der Waals surface area (Å²) < 4.78 is 11.6. The van der Waals surface area contributed by atoms with Crippen molar-refractivity contribution >= 4 is 0 Å². The van der Waals surface area contributed by atoms with Gasteiger partial charge in [-0.3, -0.25) is 0 Å². The standard InChI is InChI=1S/C23H27NO4/c1-15(2)27-21-7-3-16(4-8-21)9-19-10-17(5-6-18(19)13-24)23-12-20(26)11-22(14-25)28-23/h3-8,10,15,20,22-23,25-26H,9,11-12,14H2,1-2H3. The van der Waals surface area contributed by atoms with Crippen molar-refractivity contribution in [2.24, 2.45) is 0 Å². The maximum absolute atomic E-state index is 10.1. The minimum Gasteiger partial charge on any atom is -0.491 e. The van der Waals surface area contributed by atoms with E-state index in [4.69, 9.17) is 9.47 Å². The van der Waals surface area contributed by atoms with Gasteiger partial charge in [0.2, 0.25) is 0 Å². The molecule has 1 aliphatic heterocycles. The highest BCUT2D eigenvalue weighted by Gasteiger charge is 2.29. The lowest BCUT2D eigenvalue weighted by molar-refractivity contribution is -0.113. The highest BCUT2D eigenvalue weighted by molar-refractivity contribution is 5.44. The lowest BCUT2D eigenvalue weighted by Crippen LogP contribution is -2.33. The van der Waals surface area contributed by atoms with E-state index in [1.165, 1.54) is 0 Å². The Morgan fingerprint density at radius 3 is 2.57 bits per heavy atom. The normalized spacial score (nSPS) is 22.1. The highest BCUT2D eigenvalue weighted by Crippen LogP contribution is 2.33. The summed E-state index contributed by atoms with van der Waals surface area (Å²) in [6, 6.07) is 15.8. The summed E-state index contributed by atoms with van der Waals surface area (Å²) in [5.41, 5.74) is 3.55. The fourth-order valence-electron chi connectivity index (χ4n) is 3.57. The van der Waals surface area contributed by atoms with Crippen LogP contribution in [-0.2, 0) is 11.2 Å². The van der Waals surface area contributed by atoms with E-state index in [9.17, 15) is 15.5 Å². The molecule has 0 radical (unpaired) electrons. The number of aliphatic hydroxyl groups excluding tert-OH is 2. The van der Waals surface area contributed by atoms with E-state index in [1.54, 1.807) is 6.07 Å². The topological polar surface area (TPSA) is 82.7 Å². The lowest BCUT2D eigenvalue weighted by atomic mass is 9.92. The maximum atomic E-state index is 10.1. The van der Waals surface area contributed by atoms with Crippen LogP contribution in [0.2, 0.25) is 0 Å². The molecule has 0 spiro atoms. The van der Waals surface area contributed by atoms with E-state index in [2.05, 4.69) is 6.07 Å². The molecule has 2 N–H and O–H groups in total. The first-order chi connectivity index (χ1) is 13.5. The molecule has 0 aliphatic carbocycles. The van der Waals surface area contributed by atoms with Crippen molar-refractivity contribution < 1.29 is 19.7 Å². The molecule has 2 aromatic carbocycles. The third kappa shape index (κ3) is 5.11. The van der Waals surface area contributed by atoms with Crippen LogP contribution in [0.5, 0.6) is 5.75 Å². The van der Waals surface area contributed by atoms with Crippen LogP contribution in [-0.4, -0.2) is 35.1 Å². The van der Waals surface area contributed by atoms with Crippen LogP contribution in [0, 0.1) is 11.3 Å². The Labute approximate surface area is 166 Å². The first kappa shape index (κ1) is 20.3. The van der Waals surface area contributed by atoms with Crippen LogP contribution in [0.4, 0.5) is 0 Å². The molecule has 28 heavy (non-hydrogen) atoms. The number of ether oxygens (including phenoxy) is 2. The first-order valence-electron chi connectivity index (χ1n) is 9.71. The Hall–Kier alpha value is -2.39. The van der Waals surface area contributed by atoms with E-state index >= 15 is 0 Å². The molecular weight excluding hydrogens is 354 g/mol. The SMILES string of the molecule is CC(C)Oc1ccc(Cc2cc(C3CC(O)CC(CO)O3)ccc2C#N)cc1. The summed E-state index contributed by atoms with van der Waals surface area (Å²) in [5.74, 6) is 0.827. The van der Waals surface area contributed by atoms with Crippen molar-refractivity contribution in [2.45, 2.75) is 57.5 Å². The van der Waals surface area contributed by atoms with Crippen molar-refractivity contribution in [3.8, 4) is 11.8 Å². The fourth-order valence-corrected chi connectivity index (χ4v) is 3.57. The maximum Gasteiger partial charge on any atom is 0.119 e. The molecule has 0 amide bonds. The molecule has 0 bridgehead atoms. The van der Waals surface area contributed by atoms with Crippen molar-refractivity contribution in [1.82, 2.24) is 0 Å². The van der Waals surface area contributed by atoms with Gasteiger partial charge in [-0.15, -0.1) is 0 Å². The molecule has 3 rings (SSSR count). The second-order valence-electron chi connectivity index (χ2n) is 7.57. The van der Waals surface area contributed by atoms with E-state index in [0.29, 0.717) is 24.8 Å². The summed E-state index contributed by atoms with van der Waals surface area (Å²) >= 11 is 0. The molecule has 3 unspecified atom stereocenters. The molecule has 1 fully saturated rings. The third-order valence-electron chi connectivity index (χ3n) is 4.89. The largest absolute Gasteiger partial charge is 0.491 e. The van der Waals surface area contributed by atoms with Crippen LogP contribution in [0.25, 0.3) is 0 Å². The Balaban J connectivity index is 1.80. The average Bonchev–Trinajstić information content (AvgIpc) is 2.68. The Morgan fingerprint density at radius 1 is 1.18 bits per heavy atom. The summed E-state index contributed by atoms with van der Waals surface area (Å²) in [6.07, 6.45) is 0.543. The average molecular weight is 381 g/mol. The second kappa shape index (κ2) is 9.20. The Bertz CT molecular complexity index is 825. The van der Waals surface area contributed by atoms with Gasteiger partial charge in [-0.25, -0.2) is 0 Å². The minimum absolute atomic E-state index is 0.110. The van der Waals surface area contributed by atoms with Gasteiger partial charge >= 0.3 is 0 Å². The molecule has 0 aromatic heterocycles. The van der Waals surface area contributed by atoms with Gasteiger partial charge in [0.15, 0.2) is 0 Å².